The van der Waals surface area contributed by atoms with Crippen molar-refractivity contribution < 1.29 is 13.0 Å². The van der Waals surface area contributed by atoms with E-state index in [1.165, 1.54) is 0 Å². The van der Waals surface area contributed by atoms with Gasteiger partial charge in [0.25, 0.3) is 0 Å². The van der Waals surface area contributed by atoms with Gasteiger partial charge in [-0.2, -0.15) is 12.7 Å². The van der Waals surface area contributed by atoms with Crippen LogP contribution in [0.4, 0.5) is 0 Å². The summed E-state index contributed by atoms with van der Waals surface area (Å²) >= 11 is 0. The highest BCUT2D eigenvalue weighted by Crippen LogP contribution is 1.93. The molecule has 0 aliphatic heterocycles. The highest BCUT2D eigenvalue weighted by molar-refractivity contribution is 7.83. The zero-order valence-corrected chi connectivity index (χ0v) is 6.43. The van der Waals surface area contributed by atoms with Crippen LogP contribution in [0.1, 0.15) is 6.92 Å². The minimum atomic E-state index is -4.09. The summed E-state index contributed by atoms with van der Waals surface area (Å²) in [6.07, 6.45) is 4.83. The molecule has 10 heavy (non-hydrogen) atoms. The molecule has 0 amide bonds. The summed E-state index contributed by atoms with van der Waals surface area (Å²) < 4.78 is 29.9. The molecule has 0 unspecified atom stereocenters. The topological polar surface area (TPSA) is 57.6 Å². The molecule has 1 N–H and O–H groups in total. The number of hydrogen-bond acceptors (Lipinski definition) is 2. The molecular weight excluding hydrogens is 154 g/mol. The lowest BCUT2D eigenvalue weighted by molar-refractivity contribution is 0.382. The summed E-state index contributed by atoms with van der Waals surface area (Å²) in [4.78, 5) is 0. The molecule has 4 nitrogen and oxygen atoms in total. The Morgan fingerprint density at radius 2 is 2.20 bits per heavy atom. The standard InChI is InChI=1S/C5H9NO3S/c1-3-5-6(4-2)10(7,8)9/h1H,4-5H2,2H3,(H,7,8,9). The molecule has 0 aromatic rings. The molecule has 0 rings (SSSR count). The second-order valence-corrected chi connectivity index (χ2v) is 3.02. The van der Waals surface area contributed by atoms with E-state index in [2.05, 4.69) is 5.92 Å². The third-order valence-electron chi connectivity index (χ3n) is 0.947. The second-order valence-electron chi connectivity index (χ2n) is 1.61. The van der Waals surface area contributed by atoms with Gasteiger partial charge in [-0.3, -0.25) is 4.55 Å². The third kappa shape index (κ3) is 2.82. The van der Waals surface area contributed by atoms with Crippen LogP contribution in [0, 0.1) is 12.3 Å². The summed E-state index contributed by atoms with van der Waals surface area (Å²) in [7, 11) is -4.09. The Bertz CT molecular complexity index is 226. The van der Waals surface area contributed by atoms with Gasteiger partial charge in [0.2, 0.25) is 0 Å². The molecule has 0 aromatic heterocycles. The van der Waals surface area contributed by atoms with Gasteiger partial charge in [0.1, 0.15) is 0 Å². The molecule has 0 saturated carbocycles. The van der Waals surface area contributed by atoms with Gasteiger partial charge in [-0.15, -0.1) is 6.42 Å². The maximum atomic E-state index is 10.3. The van der Waals surface area contributed by atoms with E-state index < -0.39 is 10.3 Å². The molecule has 0 heterocycles. The molecule has 0 bridgehead atoms. The summed E-state index contributed by atoms with van der Waals surface area (Å²) in [5, 5.41) is 0. The van der Waals surface area contributed by atoms with Gasteiger partial charge >= 0.3 is 10.3 Å². The first-order chi connectivity index (χ1) is 4.52. The fourth-order valence-electron chi connectivity index (χ4n) is 0.458. The van der Waals surface area contributed by atoms with Crippen LogP contribution in [-0.2, 0) is 10.3 Å². The smallest absolute Gasteiger partial charge is 0.273 e. The van der Waals surface area contributed by atoms with Crippen molar-refractivity contribution in [2.75, 3.05) is 13.1 Å². The zero-order valence-electron chi connectivity index (χ0n) is 5.61. The number of hydrogen-bond donors (Lipinski definition) is 1. The molecule has 0 saturated heterocycles. The van der Waals surface area contributed by atoms with Crippen molar-refractivity contribution in [3.05, 3.63) is 0 Å². The summed E-state index contributed by atoms with van der Waals surface area (Å²) in [5.74, 6) is 2.11. The van der Waals surface area contributed by atoms with Gasteiger partial charge in [0.15, 0.2) is 0 Å². The lowest BCUT2D eigenvalue weighted by Gasteiger charge is -2.11. The van der Waals surface area contributed by atoms with Gasteiger partial charge in [0.05, 0.1) is 6.54 Å². The normalized spacial score (nSPS) is 11.4. The van der Waals surface area contributed by atoms with Crippen molar-refractivity contribution in [2.45, 2.75) is 6.92 Å². The molecule has 58 valence electrons. The van der Waals surface area contributed by atoms with Crippen molar-refractivity contribution in [1.29, 1.82) is 0 Å². The van der Waals surface area contributed by atoms with Crippen LogP contribution < -0.4 is 0 Å². The first-order valence-corrected chi connectivity index (χ1v) is 4.08. The van der Waals surface area contributed by atoms with Crippen molar-refractivity contribution in [2.24, 2.45) is 0 Å². The largest absolute Gasteiger partial charge is 0.336 e. The minimum absolute atomic E-state index is 0.0880. The van der Waals surface area contributed by atoms with E-state index in [4.69, 9.17) is 11.0 Å². The van der Waals surface area contributed by atoms with E-state index in [9.17, 15) is 8.42 Å². The average molecular weight is 163 g/mol. The van der Waals surface area contributed by atoms with Crippen molar-refractivity contribution in [1.82, 2.24) is 4.31 Å². The van der Waals surface area contributed by atoms with E-state index in [1.807, 2.05) is 0 Å². The lowest BCUT2D eigenvalue weighted by Crippen LogP contribution is -2.30. The Morgan fingerprint density at radius 1 is 1.70 bits per heavy atom. The fourth-order valence-corrected chi connectivity index (χ4v) is 1.02. The molecule has 5 heteroatoms. The van der Waals surface area contributed by atoms with Gasteiger partial charge in [-0.25, -0.2) is 0 Å². The van der Waals surface area contributed by atoms with Crippen LogP contribution >= 0.6 is 0 Å². The second kappa shape index (κ2) is 3.56. The Labute approximate surface area is 60.7 Å². The highest BCUT2D eigenvalue weighted by Gasteiger charge is 2.13. The first kappa shape index (κ1) is 9.43. The Balaban J connectivity index is 4.26. The van der Waals surface area contributed by atoms with E-state index in [-0.39, 0.29) is 13.1 Å². The number of terminal acetylenes is 1. The van der Waals surface area contributed by atoms with E-state index >= 15 is 0 Å². The van der Waals surface area contributed by atoms with Crippen LogP contribution in [0.3, 0.4) is 0 Å². The summed E-state index contributed by atoms with van der Waals surface area (Å²) in [5.41, 5.74) is 0. The maximum absolute atomic E-state index is 10.3. The van der Waals surface area contributed by atoms with Crippen LogP contribution in [-0.4, -0.2) is 30.4 Å². The average Bonchev–Trinajstić information content (AvgIpc) is 1.80. The maximum Gasteiger partial charge on any atom is 0.336 e. The fraction of sp³-hybridized carbons (Fsp3) is 0.600. The predicted octanol–water partition coefficient (Wildman–Crippen LogP) is -0.256. The van der Waals surface area contributed by atoms with Crippen LogP contribution in [0.25, 0.3) is 0 Å². The third-order valence-corrected chi connectivity index (χ3v) is 1.99. The summed E-state index contributed by atoms with van der Waals surface area (Å²) in [6.45, 7) is 1.68. The lowest BCUT2D eigenvalue weighted by atomic mass is 10.6. The SMILES string of the molecule is C#CCN(CC)S(=O)(=O)O. The first-order valence-electron chi connectivity index (χ1n) is 2.68. The zero-order chi connectivity index (χ0) is 8.20. The van der Waals surface area contributed by atoms with Gasteiger partial charge < -0.3 is 0 Å². The number of nitrogens with zero attached hydrogens (tertiary/aromatic N) is 1. The van der Waals surface area contributed by atoms with Crippen molar-refractivity contribution in [3.8, 4) is 12.3 Å². The molecule has 0 aliphatic carbocycles. The summed E-state index contributed by atoms with van der Waals surface area (Å²) in [6, 6.07) is 0. The van der Waals surface area contributed by atoms with E-state index in [0.29, 0.717) is 0 Å². The number of rotatable bonds is 3. The predicted molar refractivity (Wildman–Crippen MR) is 37.6 cm³/mol. The Morgan fingerprint density at radius 3 is 2.30 bits per heavy atom. The van der Waals surface area contributed by atoms with Gasteiger partial charge in [-0.05, 0) is 0 Å². The Kier molecular flexibility index (Phi) is 3.36. The van der Waals surface area contributed by atoms with Crippen molar-refractivity contribution in [3.63, 3.8) is 0 Å². The van der Waals surface area contributed by atoms with E-state index in [1.54, 1.807) is 6.92 Å². The molecule has 0 aliphatic rings. The van der Waals surface area contributed by atoms with Crippen molar-refractivity contribution >= 4 is 10.3 Å². The molecule has 0 fully saturated rings. The van der Waals surface area contributed by atoms with E-state index in [0.717, 1.165) is 4.31 Å². The van der Waals surface area contributed by atoms with Crippen LogP contribution in [0.15, 0.2) is 0 Å². The monoisotopic (exact) mass is 163 g/mol. The van der Waals surface area contributed by atoms with Crippen LogP contribution in [0.5, 0.6) is 0 Å². The molecule has 0 radical (unpaired) electrons. The highest BCUT2D eigenvalue weighted by atomic mass is 32.2. The minimum Gasteiger partial charge on any atom is -0.273 e. The van der Waals surface area contributed by atoms with Crippen LogP contribution in [0.2, 0.25) is 0 Å². The molecular formula is C5H9NO3S. The van der Waals surface area contributed by atoms with Gasteiger partial charge in [-0.1, -0.05) is 12.8 Å². The van der Waals surface area contributed by atoms with Gasteiger partial charge in [0, 0.05) is 6.54 Å². The Hall–Kier alpha value is -0.570. The molecule has 0 aromatic carbocycles. The molecule has 0 spiro atoms. The molecule has 0 atom stereocenters. The quantitative estimate of drug-likeness (QED) is 0.461.